The third-order valence-electron chi connectivity index (χ3n) is 5.36. The van der Waals surface area contributed by atoms with E-state index in [1.54, 1.807) is 0 Å². The maximum Gasteiger partial charge on any atom is 0.317 e. The zero-order valence-corrected chi connectivity index (χ0v) is 15.3. The monoisotopic (exact) mass is 354 g/mol. The van der Waals surface area contributed by atoms with Crippen molar-refractivity contribution in [2.45, 2.75) is 32.2 Å². The summed E-state index contributed by atoms with van der Waals surface area (Å²) in [5, 5.41) is 3.12. The zero-order valence-electron chi connectivity index (χ0n) is 15.3. The minimum absolute atomic E-state index is 0.0329. The van der Waals surface area contributed by atoms with Crippen LogP contribution in [-0.2, 0) is 6.54 Å². The van der Waals surface area contributed by atoms with Gasteiger partial charge < -0.3 is 19.7 Å². The Morgan fingerprint density at radius 3 is 2.85 bits per heavy atom. The second kappa shape index (κ2) is 7.35. The molecule has 1 unspecified atom stereocenters. The minimum Gasteiger partial charge on any atom is -0.353 e. The number of anilines is 1. The number of fused-ring (bicyclic) bond motifs is 1. The molecule has 1 atom stereocenters. The number of imidazole rings is 1. The third-order valence-corrected chi connectivity index (χ3v) is 5.36. The molecule has 2 aliphatic heterocycles. The molecule has 2 aliphatic rings. The number of nitrogens with zero attached hydrogens (tertiary/aromatic N) is 5. The van der Waals surface area contributed by atoms with Gasteiger partial charge in [0.15, 0.2) is 0 Å². The van der Waals surface area contributed by atoms with Crippen molar-refractivity contribution >= 4 is 11.8 Å². The smallest absolute Gasteiger partial charge is 0.317 e. The summed E-state index contributed by atoms with van der Waals surface area (Å²) in [5.74, 6) is 2.42. The quantitative estimate of drug-likeness (QED) is 0.915. The lowest BCUT2D eigenvalue weighted by Crippen LogP contribution is -2.52. The molecule has 0 bridgehead atoms. The summed E-state index contributed by atoms with van der Waals surface area (Å²) in [4.78, 5) is 25.6. The van der Waals surface area contributed by atoms with Gasteiger partial charge in [0.1, 0.15) is 11.6 Å². The maximum absolute atomic E-state index is 12.5. The van der Waals surface area contributed by atoms with Crippen molar-refractivity contribution in [3.05, 3.63) is 42.1 Å². The SMILES string of the molecule is Cc1ccnc(N2CCN(C(=O)NCC3CCCn4ccnc43)CC2)c1. The Morgan fingerprint density at radius 1 is 1.19 bits per heavy atom. The van der Waals surface area contributed by atoms with E-state index in [-0.39, 0.29) is 6.03 Å². The number of amides is 2. The number of piperazine rings is 1. The highest BCUT2D eigenvalue weighted by atomic mass is 16.2. The molecule has 0 spiro atoms. The number of nitrogens with one attached hydrogen (secondary N) is 1. The highest BCUT2D eigenvalue weighted by Gasteiger charge is 2.25. The van der Waals surface area contributed by atoms with Crippen LogP contribution in [0.3, 0.4) is 0 Å². The van der Waals surface area contributed by atoms with Crippen LogP contribution in [0.1, 0.15) is 30.1 Å². The molecule has 4 rings (SSSR count). The number of hydrogen-bond donors (Lipinski definition) is 1. The van der Waals surface area contributed by atoms with Gasteiger partial charge in [-0.2, -0.15) is 0 Å². The number of carbonyl (C=O) groups is 1. The number of carbonyl (C=O) groups excluding carboxylic acids is 1. The first-order valence-electron chi connectivity index (χ1n) is 9.42. The predicted molar refractivity (Wildman–Crippen MR) is 100 cm³/mol. The van der Waals surface area contributed by atoms with Gasteiger partial charge in [0.25, 0.3) is 0 Å². The van der Waals surface area contributed by atoms with Crippen LogP contribution in [0.2, 0.25) is 0 Å². The van der Waals surface area contributed by atoms with E-state index < -0.39 is 0 Å². The average molecular weight is 354 g/mol. The highest BCUT2D eigenvalue weighted by molar-refractivity contribution is 5.74. The second-order valence-electron chi connectivity index (χ2n) is 7.17. The van der Waals surface area contributed by atoms with Crippen molar-refractivity contribution in [1.82, 2.24) is 24.8 Å². The lowest BCUT2D eigenvalue weighted by molar-refractivity contribution is 0.193. The Labute approximate surface area is 154 Å². The van der Waals surface area contributed by atoms with Crippen molar-refractivity contribution in [3.8, 4) is 0 Å². The van der Waals surface area contributed by atoms with E-state index in [0.29, 0.717) is 12.5 Å². The molecule has 2 aromatic rings. The molecule has 2 aromatic heterocycles. The zero-order chi connectivity index (χ0) is 17.9. The molecular weight excluding hydrogens is 328 g/mol. The topological polar surface area (TPSA) is 66.3 Å². The molecule has 1 fully saturated rings. The van der Waals surface area contributed by atoms with E-state index in [4.69, 9.17) is 0 Å². The molecule has 1 N–H and O–H groups in total. The van der Waals surface area contributed by atoms with Gasteiger partial charge in [0.2, 0.25) is 0 Å². The fraction of sp³-hybridized carbons (Fsp3) is 0.526. The Kier molecular flexibility index (Phi) is 4.77. The van der Waals surface area contributed by atoms with E-state index in [1.807, 2.05) is 29.6 Å². The van der Waals surface area contributed by atoms with Crippen LogP contribution >= 0.6 is 0 Å². The number of aryl methyl sites for hydroxylation is 2. The number of pyridine rings is 1. The Bertz CT molecular complexity index is 765. The summed E-state index contributed by atoms with van der Waals surface area (Å²) < 4.78 is 2.20. The molecule has 138 valence electrons. The molecular formula is C19H26N6O. The Morgan fingerprint density at radius 2 is 2.04 bits per heavy atom. The van der Waals surface area contributed by atoms with Crippen LogP contribution in [0.5, 0.6) is 0 Å². The summed E-state index contributed by atoms with van der Waals surface area (Å²) in [7, 11) is 0. The average Bonchev–Trinajstić information content (AvgIpc) is 3.15. The molecule has 0 radical (unpaired) electrons. The van der Waals surface area contributed by atoms with Crippen LogP contribution in [0.25, 0.3) is 0 Å². The van der Waals surface area contributed by atoms with Gasteiger partial charge in [-0.3, -0.25) is 0 Å². The lowest BCUT2D eigenvalue weighted by Gasteiger charge is -2.35. The van der Waals surface area contributed by atoms with Crippen molar-refractivity contribution in [2.75, 3.05) is 37.6 Å². The Balaban J connectivity index is 1.28. The highest BCUT2D eigenvalue weighted by Crippen LogP contribution is 2.25. The Hall–Kier alpha value is -2.57. The summed E-state index contributed by atoms with van der Waals surface area (Å²) in [5.41, 5.74) is 1.21. The number of aromatic nitrogens is 3. The predicted octanol–water partition coefficient (Wildman–Crippen LogP) is 2.00. The summed E-state index contributed by atoms with van der Waals surface area (Å²) in [6.45, 7) is 6.85. The van der Waals surface area contributed by atoms with Gasteiger partial charge in [0.05, 0.1) is 0 Å². The summed E-state index contributed by atoms with van der Waals surface area (Å²) in [6.07, 6.45) is 7.96. The fourth-order valence-corrected chi connectivity index (χ4v) is 3.85. The van der Waals surface area contributed by atoms with E-state index in [1.165, 1.54) is 5.56 Å². The largest absolute Gasteiger partial charge is 0.353 e. The van der Waals surface area contributed by atoms with Gasteiger partial charge in [-0.1, -0.05) is 0 Å². The maximum atomic E-state index is 12.5. The van der Waals surface area contributed by atoms with Crippen molar-refractivity contribution in [3.63, 3.8) is 0 Å². The first-order valence-corrected chi connectivity index (χ1v) is 9.42. The number of rotatable bonds is 3. The molecule has 0 saturated carbocycles. The molecule has 0 aromatic carbocycles. The van der Waals surface area contributed by atoms with Crippen LogP contribution < -0.4 is 10.2 Å². The van der Waals surface area contributed by atoms with Gasteiger partial charge in [-0.15, -0.1) is 0 Å². The van der Waals surface area contributed by atoms with E-state index in [9.17, 15) is 4.79 Å². The molecule has 4 heterocycles. The number of urea groups is 1. The standard InChI is InChI=1S/C19H26N6O/c1-15-4-5-20-17(13-15)23-9-11-25(12-10-23)19(26)22-14-16-3-2-7-24-8-6-21-18(16)24/h4-6,8,13,16H,2-3,7,9-12,14H2,1H3,(H,22,26). The second-order valence-corrected chi connectivity index (χ2v) is 7.17. The van der Waals surface area contributed by atoms with Gasteiger partial charge in [-0.25, -0.2) is 14.8 Å². The van der Waals surface area contributed by atoms with Crippen LogP contribution in [-0.4, -0.2) is 58.2 Å². The first-order chi connectivity index (χ1) is 12.7. The van der Waals surface area contributed by atoms with E-state index in [2.05, 4.69) is 37.7 Å². The summed E-state index contributed by atoms with van der Waals surface area (Å²) >= 11 is 0. The number of hydrogen-bond acceptors (Lipinski definition) is 4. The fourth-order valence-electron chi connectivity index (χ4n) is 3.85. The summed E-state index contributed by atoms with van der Waals surface area (Å²) in [6, 6.07) is 4.13. The van der Waals surface area contributed by atoms with Gasteiger partial charge >= 0.3 is 6.03 Å². The minimum atomic E-state index is 0.0329. The molecule has 7 nitrogen and oxygen atoms in total. The van der Waals surface area contributed by atoms with Crippen molar-refractivity contribution in [2.24, 2.45) is 0 Å². The molecule has 1 saturated heterocycles. The van der Waals surface area contributed by atoms with Gasteiger partial charge in [-0.05, 0) is 37.5 Å². The molecule has 7 heteroatoms. The van der Waals surface area contributed by atoms with Crippen molar-refractivity contribution < 1.29 is 4.79 Å². The van der Waals surface area contributed by atoms with E-state index >= 15 is 0 Å². The molecule has 26 heavy (non-hydrogen) atoms. The third kappa shape index (κ3) is 3.52. The lowest BCUT2D eigenvalue weighted by atomic mass is 9.99. The van der Waals surface area contributed by atoms with Crippen LogP contribution in [0.4, 0.5) is 10.6 Å². The van der Waals surface area contributed by atoms with Crippen LogP contribution in [0, 0.1) is 6.92 Å². The van der Waals surface area contributed by atoms with Gasteiger partial charge in [0, 0.05) is 63.8 Å². The molecule has 2 amide bonds. The van der Waals surface area contributed by atoms with Crippen LogP contribution in [0.15, 0.2) is 30.7 Å². The first kappa shape index (κ1) is 16.9. The van der Waals surface area contributed by atoms with Crippen molar-refractivity contribution in [1.29, 1.82) is 0 Å². The normalized spacial score (nSPS) is 20.0. The molecule has 0 aliphatic carbocycles. The van der Waals surface area contributed by atoms with E-state index in [0.717, 1.165) is 57.2 Å².